The molecular weight excluding hydrogens is 300 g/mol. The van der Waals surface area contributed by atoms with Crippen molar-refractivity contribution in [2.24, 2.45) is 0 Å². The Kier molecular flexibility index (Phi) is 3.86. The largest absolute Gasteiger partial charge is 0.366 e. The van der Waals surface area contributed by atoms with Gasteiger partial charge in [0, 0.05) is 35.3 Å². The highest BCUT2D eigenvalue weighted by Gasteiger charge is 2.35. The average molecular weight is 323 g/mol. The van der Waals surface area contributed by atoms with Gasteiger partial charge in [0.15, 0.2) is 0 Å². The summed E-state index contributed by atoms with van der Waals surface area (Å²) >= 11 is 3.64. The second-order valence-corrected chi connectivity index (χ2v) is 6.91. The fourth-order valence-electron chi connectivity index (χ4n) is 3.64. The number of benzene rings is 1. The first-order valence-corrected chi connectivity index (χ1v) is 8.24. The summed E-state index contributed by atoms with van der Waals surface area (Å²) < 4.78 is 1.20. The van der Waals surface area contributed by atoms with Crippen LogP contribution in [0.3, 0.4) is 0 Å². The molecule has 0 N–H and O–H groups in total. The molecule has 3 rings (SSSR count). The highest BCUT2D eigenvalue weighted by atomic mass is 79.9. The maximum Gasteiger partial charge on any atom is 0.0415 e. The summed E-state index contributed by atoms with van der Waals surface area (Å²) in [6.07, 6.45) is 3.99. The zero-order chi connectivity index (χ0) is 13.4. The van der Waals surface area contributed by atoms with E-state index < -0.39 is 0 Å². The Morgan fingerprint density at radius 1 is 1.26 bits per heavy atom. The first kappa shape index (κ1) is 13.4. The summed E-state index contributed by atoms with van der Waals surface area (Å²) in [6.45, 7) is 8.26. The summed E-state index contributed by atoms with van der Waals surface area (Å²) in [6, 6.07) is 8.25. The maximum absolute atomic E-state index is 3.64. The van der Waals surface area contributed by atoms with Gasteiger partial charge in [0.2, 0.25) is 0 Å². The fourth-order valence-corrected chi connectivity index (χ4v) is 4.23. The molecule has 2 fully saturated rings. The molecule has 0 aliphatic carbocycles. The van der Waals surface area contributed by atoms with Gasteiger partial charge in [-0.3, -0.25) is 4.90 Å². The van der Waals surface area contributed by atoms with Crippen molar-refractivity contribution in [3.8, 4) is 0 Å². The van der Waals surface area contributed by atoms with Crippen molar-refractivity contribution in [1.82, 2.24) is 4.90 Å². The number of fused-ring (bicyclic) bond motifs is 1. The molecule has 2 atom stereocenters. The Morgan fingerprint density at radius 3 is 2.84 bits per heavy atom. The molecule has 2 saturated heterocycles. The number of aryl methyl sites for hydroxylation is 1. The van der Waals surface area contributed by atoms with Gasteiger partial charge < -0.3 is 4.90 Å². The zero-order valence-electron chi connectivity index (χ0n) is 11.9. The summed E-state index contributed by atoms with van der Waals surface area (Å²) in [7, 11) is 0. The average Bonchev–Trinajstić information content (AvgIpc) is 2.83. The molecule has 0 saturated carbocycles. The number of rotatable bonds is 2. The minimum atomic E-state index is 0.669. The van der Waals surface area contributed by atoms with Crippen LogP contribution >= 0.6 is 15.9 Å². The van der Waals surface area contributed by atoms with E-state index in [1.165, 1.54) is 54.6 Å². The molecule has 0 amide bonds. The van der Waals surface area contributed by atoms with Gasteiger partial charge in [0.25, 0.3) is 0 Å². The van der Waals surface area contributed by atoms with E-state index in [9.17, 15) is 0 Å². The normalized spacial score (nSPS) is 27.6. The number of nitrogens with zero attached hydrogens (tertiary/aromatic N) is 2. The molecule has 1 aromatic rings. The van der Waals surface area contributed by atoms with Gasteiger partial charge in [-0.15, -0.1) is 0 Å². The summed E-state index contributed by atoms with van der Waals surface area (Å²) in [4.78, 5) is 5.35. The van der Waals surface area contributed by atoms with Crippen LogP contribution in [0, 0.1) is 6.92 Å². The Hall–Kier alpha value is -0.540. The molecule has 104 valence electrons. The highest BCUT2D eigenvalue weighted by Crippen LogP contribution is 2.31. The number of hydrogen-bond acceptors (Lipinski definition) is 2. The highest BCUT2D eigenvalue weighted by molar-refractivity contribution is 9.10. The number of hydrogen-bond donors (Lipinski definition) is 0. The molecule has 0 aromatic heterocycles. The first-order valence-electron chi connectivity index (χ1n) is 7.45. The van der Waals surface area contributed by atoms with Crippen LogP contribution in [0.1, 0.15) is 31.7 Å². The second kappa shape index (κ2) is 5.45. The maximum atomic E-state index is 3.64. The minimum Gasteiger partial charge on any atom is -0.366 e. The Labute approximate surface area is 124 Å². The predicted octanol–water partition coefficient (Wildman–Crippen LogP) is 3.82. The van der Waals surface area contributed by atoms with Crippen molar-refractivity contribution in [2.75, 3.05) is 24.5 Å². The van der Waals surface area contributed by atoms with Crippen molar-refractivity contribution in [3.63, 3.8) is 0 Å². The summed E-state index contributed by atoms with van der Waals surface area (Å²) in [5, 5.41) is 0. The van der Waals surface area contributed by atoms with Crippen LogP contribution in [0.15, 0.2) is 22.7 Å². The van der Waals surface area contributed by atoms with Gasteiger partial charge in [-0.25, -0.2) is 0 Å². The smallest absolute Gasteiger partial charge is 0.0415 e. The second-order valence-electron chi connectivity index (χ2n) is 5.99. The minimum absolute atomic E-state index is 0.669. The van der Waals surface area contributed by atoms with Crippen LogP contribution in [0.25, 0.3) is 0 Å². The van der Waals surface area contributed by atoms with Crippen molar-refractivity contribution < 1.29 is 0 Å². The Bertz CT molecular complexity index is 440. The van der Waals surface area contributed by atoms with E-state index in [0.717, 1.165) is 6.04 Å². The van der Waals surface area contributed by atoms with E-state index in [1.54, 1.807) is 0 Å². The lowest BCUT2D eigenvalue weighted by molar-refractivity contribution is 0.194. The van der Waals surface area contributed by atoms with Gasteiger partial charge in [-0.05, 0) is 56.5 Å². The van der Waals surface area contributed by atoms with Crippen LogP contribution in [0.5, 0.6) is 0 Å². The molecular formula is C16H23BrN2. The van der Waals surface area contributed by atoms with Gasteiger partial charge in [-0.2, -0.15) is 0 Å². The molecule has 0 spiro atoms. The lowest BCUT2D eigenvalue weighted by atomic mass is 10.0. The van der Waals surface area contributed by atoms with E-state index in [4.69, 9.17) is 0 Å². The number of piperazine rings is 1. The van der Waals surface area contributed by atoms with Crippen LogP contribution < -0.4 is 4.90 Å². The van der Waals surface area contributed by atoms with Crippen LogP contribution in [0.4, 0.5) is 5.69 Å². The van der Waals surface area contributed by atoms with Crippen molar-refractivity contribution >= 4 is 21.6 Å². The molecule has 2 aliphatic rings. The van der Waals surface area contributed by atoms with Crippen molar-refractivity contribution in [1.29, 1.82) is 0 Å². The Balaban J connectivity index is 1.88. The van der Waals surface area contributed by atoms with Gasteiger partial charge >= 0.3 is 0 Å². The SMILES string of the molecule is CCC1CN2CCCC2CN1c1cc(C)cc(Br)c1. The molecule has 2 nitrogen and oxygen atoms in total. The molecule has 0 bridgehead atoms. The first-order chi connectivity index (χ1) is 9.17. The third-order valence-electron chi connectivity index (χ3n) is 4.62. The molecule has 3 heteroatoms. The van der Waals surface area contributed by atoms with Gasteiger partial charge in [-0.1, -0.05) is 22.9 Å². The van der Waals surface area contributed by atoms with E-state index in [1.807, 2.05) is 0 Å². The lowest BCUT2D eigenvalue weighted by Crippen LogP contribution is -2.56. The van der Waals surface area contributed by atoms with E-state index in [0.29, 0.717) is 6.04 Å². The number of anilines is 1. The summed E-state index contributed by atoms with van der Waals surface area (Å²) in [5.74, 6) is 0. The third kappa shape index (κ3) is 2.68. The topological polar surface area (TPSA) is 6.48 Å². The van der Waals surface area contributed by atoms with Crippen molar-refractivity contribution in [3.05, 3.63) is 28.2 Å². The van der Waals surface area contributed by atoms with Crippen LogP contribution in [0.2, 0.25) is 0 Å². The monoisotopic (exact) mass is 322 g/mol. The third-order valence-corrected chi connectivity index (χ3v) is 5.08. The Morgan fingerprint density at radius 2 is 2.11 bits per heavy atom. The predicted molar refractivity (Wildman–Crippen MR) is 84.9 cm³/mol. The number of halogens is 1. The standard InChI is InChI=1S/C16H23BrN2/c1-3-14-10-18-6-4-5-15(18)11-19(14)16-8-12(2)7-13(17)9-16/h7-9,14-15H,3-6,10-11H2,1-2H3. The molecule has 1 aromatic carbocycles. The quantitative estimate of drug-likeness (QED) is 0.816. The van der Waals surface area contributed by atoms with E-state index >= 15 is 0 Å². The van der Waals surface area contributed by atoms with E-state index in [-0.39, 0.29) is 0 Å². The lowest BCUT2D eigenvalue weighted by Gasteiger charge is -2.45. The van der Waals surface area contributed by atoms with Crippen LogP contribution in [-0.2, 0) is 0 Å². The van der Waals surface area contributed by atoms with Crippen molar-refractivity contribution in [2.45, 2.75) is 45.2 Å². The zero-order valence-corrected chi connectivity index (χ0v) is 13.5. The van der Waals surface area contributed by atoms with Gasteiger partial charge in [0.05, 0.1) is 0 Å². The molecule has 2 aliphatic heterocycles. The molecule has 2 heterocycles. The molecule has 19 heavy (non-hydrogen) atoms. The fraction of sp³-hybridized carbons (Fsp3) is 0.625. The molecule has 2 unspecified atom stereocenters. The van der Waals surface area contributed by atoms with E-state index in [2.05, 4.69) is 57.8 Å². The van der Waals surface area contributed by atoms with Crippen LogP contribution in [-0.4, -0.2) is 36.6 Å². The van der Waals surface area contributed by atoms with Gasteiger partial charge in [0.1, 0.15) is 0 Å². The molecule has 0 radical (unpaired) electrons. The summed E-state index contributed by atoms with van der Waals surface area (Å²) in [5.41, 5.74) is 2.73.